The molecule has 2 fully saturated rings. The molecule has 2 heterocycles. The summed E-state index contributed by atoms with van der Waals surface area (Å²) in [5.74, 6) is -0.0565. The summed E-state index contributed by atoms with van der Waals surface area (Å²) in [6, 6.07) is 1.40. The molecule has 1 saturated carbocycles. The molecule has 4 amide bonds. The maximum atomic E-state index is 12.7. The first-order chi connectivity index (χ1) is 12.0. The highest BCUT2D eigenvalue weighted by molar-refractivity contribution is 7.14. The number of nitrogens with zero attached hydrogens (tertiary/aromatic N) is 1. The van der Waals surface area contributed by atoms with Crippen molar-refractivity contribution in [1.82, 2.24) is 15.8 Å². The van der Waals surface area contributed by atoms with E-state index in [9.17, 15) is 14.4 Å². The van der Waals surface area contributed by atoms with E-state index < -0.39 is 11.6 Å². The Bertz CT molecular complexity index is 736. The van der Waals surface area contributed by atoms with Gasteiger partial charge < -0.3 is 5.32 Å². The molecule has 1 aromatic rings. The number of hydrazine groups is 1. The van der Waals surface area contributed by atoms with Crippen molar-refractivity contribution in [3.63, 3.8) is 0 Å². The Morgan fingerprint density at radius 1 is 1.32 bits per heavy atom. The van der Waals surface area contributed by atoms with Gasteiger partial charge in [0, 0.05) is 4.88 Å². The molecule has 1 atom stereocenters. The minimum atomic E-state index is -0.813. The van der Waals surface area contributed by atoms with Crippen LogP contribution in [0.1, 0.15) is 65.6 Å². The molecule has 1 spiro atoms. The Kier molecular flexibility index (Phi) is 4.06. The van der Waals surface area contributed by atoms with E-state index in [0.717, 1.165) is 43.5 Å². The Morgan fingerprint density at radius 2 is 2.08 bits per heavy atom. The molecule has 1 aromatic heterocycles. The van der Waals surface area contributed by atoms with Crippen molar-refractivity contribution >= 4 is 29.2 Å². The van der Waals surface area contributed by atoms with Crippen LogP contribution in [0, 0.1) is 5.92 Å². The number of carbonyl (C=O) groups is 3. The van der Waals surface area contributed by atoms with E-state index in [1.54, 1.807) is 0 Å². The molecule has 0 radical (unpaired) electrons. The van der Waals surface area contributed by atoms with E-state index in [1.165, 1.54) is 21.8 Å². The smallest absolute Gasteiger partial charge is 0.322 e. The summed E-state index contributed by atoms with van der Waals surface area (Å²) in [5, 5.41) is 3.69. The largest absolute Gasteiger partial charge is 0.344 e. The Hall–Kier alpha value is -1.89. The Balaban J connectivity index is 1.49. The Labute approximate surface area is 150 Å². The molecule has 0 bridgehead atoms. The van der Waals surface area contributed by atoms with Gasteiger partial charge in [0.25, 0.3) is 11.8 Å². The second kappa shape index (κ2) is 6.12. The number of rotatable bonds is 2. The van der Waals surface area contributed by atoms with Gasteiger partial charge in [0.2, 0.25) is 0 Å². The zero-order chi connectivity index (χ0) is 17.6. The molecule has 7 heteroatoms. The van der Waals surface area contributed by atoms with Gasteiger partial charge in [-0.15, -0.1) is 11.3 Å². The fourth-order valence-electron chi connectivity index (χ4n) is 4.19. The molecule has 1 aliphatic heterocycles. The lowest BCUT2D eigenvalue weighted by molar-refractivity contribution is -0.134. The number of thiophene rings is 1. The molecule has 25 heavy (non-hydrogen) atoms. The van der Waals surface area contributed by atoms with Gasteiger partial charge in [-0.2, -0.15) is 5.01 Å². The van der Waals surface area contributed by atoms with Crippen molar-refractivity contribution in [3.05, 3.63) is 21.4 Å². The van der Waals surface area contributed by atoms with Crippen LogP contribution in [0.2, 0.25) is 0 Å². The lowest BCUT2D eigenvalue weighted by Gasteiger charge is -2.30. The molecule has 4 rings (SSSR count). The SMILES string of the molecule is CC1CCc2sc(C(=O)NN3C(=O)NC4(CCCCC4)C3=O)cc2C1. The summed E-state index contributed by atoms with van der Waals surface area (Å²) in [5.41, 5.74) is 2.95. The number of amides is 4. The van der Waals surface area contributed by atoms with Gasteiger partial charge in [-0.25, -0.2) is 4.79 Å². The highest BCUT2D eigenvalue weighted by Gasteiger charge is 2.52. The maximum absolute atomic E-state index is 12.7. The van der Waals surface area contributed by atoms with Crippen molar-refractivity contribution in [1.29, 1.82) is 0 Å². The Morgan fingerprint density at radius 3 is 2.84 bits per heavy atom. The second-order valence-corrected chi connectivity index (χ2v) is 8.70. The van der Waals surface area contributed by atoms with E-state index in [-0.39, 0.29) is 11.8 Å². The van der Waals surface area contributed by atoms with Gasteiger partial charge in [-0.1, -0.05) is 26.2 Å². The first-order valence-electron chi connectivity index (χ1n) is 9.08. The predicted molar refractivity (Wildman–Crippen MR) is 94.2 cm³/mol. The molecule has 134 valence electrons. The highest BCUT2D eigenvalue weighted by atomic mass is 32.1. The standard InChI is InChI=1S/C18H23N3O3S/c1-11-5-6-13-12(9-11)10-14(25-13)15(22)20-21-16(23)18(19-17(21)24)7-3-2-4-8-18/h10-11H,2-9H2,1H3,(H,19,24)(H,20,22). The van der Waals surface area contributed by atoms with Crippen molar-refractivity contribution in [2.24, 2.45) is 5.92 Å². The van der Waals surface area contributed by atoms with Gasteiger partial charge >= 0.3 is 6.03 Å². The molecule has 1 saturated heterocycles. The number of nitrogens with one attached hydrogen (secondary N) is 2. The van der Waals surface area contributed by atoms with Crippen LogP contribution in [0.4, 0.5) is 4.79 Å². The van der Waals surface area contributed by atoms with Crippen LogP contribution in [0.5, 0.6) is 0 Å². The molecular weight excluding hydrogens is 338 g/mol. The molecule has 6 nitrogen and oxygen atoms in total. The molecular formula is C18H23N3O3S. The third-order valence-electron chi connectivity index (χ3n) is 5.64. The molecule has 2 aliphatic carbocycles. The van der Waals surface area contributed by atoms with Crippen LogP contribution in [0.3, 0.4) is 0 Å². The number of urea groups is 1. The van der Waals surface area contributed by atoms with Gasteiger partial charge in [0.05, 0.1) is 4.88 Å². The fourth-order valence-corrected chi connectivity index (χ4v) is 5.29. The van der Waals surface area contributed by atoms with E-state index in [2.05, 4.69) is 17.7 Å². The summed E-state index contributed by atoms with van der Waals surface area (Å²) in [6.07, 6.45) is 7.35. The van der Waals surface area contributed by atoms with E-state index in [4.69, 9.17) is 0 Å². The monoisotopic (exact) mass is 361 g/mol. The van der Waals surface area contributed by atoms with Crippen LogP contribution in [-0.2, 0) is 17.6 Å². The van der Waals surface area contributed by atoms with E-state index in [1.807, 2.05) is 6.07 Å². The number of carbonyl (C=O) groups excluding carboxylic acids is 3. The lowest BCUT2D eigenvalue weighted by Crippen LogP contribution is -2.50. The number of imide groups is 1. The third-order valence-corrected chi connectivity index (χ3v) is 6.87. The third kappa shape index (κ3) is 2.84. The normalized spacial score (nSPS) is 25.0. The number of hydrogen-bond donors (Lipinski definition) is 2. The van der Waals surface area contributed by atoms with Crippen molar-refractivity contribution < 1.29 is 14.4 Å². The highest BCUT2D eigenvalue weighted by Crippen LogP contribution is 2.34. The van der Waals surface area contributed by atoms with Crippen LogP contribution < -0.4 is 10.7 Å². The molecule has 2 N–H and O–H groups in total. The van der Waals surface area contributed by atoms with Crippen LogP contribution in [0.15, 0.2) is 6.07 Å². The number of aryl methyl sites for hydroxylation is 1. The summed E-state index contributed by atoms with van der Waals surface area (Å²) in [6.45, 7) is 2.22. The molecule has 0 aromatic carbocycles. The first-order valence-corrected chi connectivity index (χ1v) is 9.89. The minimum Gasteiger partial charge on any atom is -0.322 e. The second-order valence-electron chi connectivity index (χ2n) is 7.56. The fraction of sp³-hybridized carbons (Fsp3) is 0.611. The minimum absolute atomic E-state index is 0.319. The van der Waals surface area contributed by atoms with E-state index in [0.29, 0.717) is 23.6 Å². The first kappa shape index (κ1) is 16.6. The van der Waals surface area contributed by atoms with Crippen LogP contribution in [0.25, 0.3) is 0 Å². The summed E-state index contributed by atoms with van der Waals surface area (Å²) >= 11 is 1.48. The maximum Gasteiger partial charge on any atom is 0.344 e. The van der Waals surface area contributed by atoms with Crippen molar-refractivity contribution in [2.45, 2.75) is 63.8 Å². The zero-order valence-corrected chi connectivity index (χ0v) is 15.2. The van der Waals surface area contributed by atoms with Gasteiger partial charge in [-0.3, -0.25) is 15.0 Å². The van der Waals surface area contributed by atoms with Crippen molar-refractivity contribution in [2.75, 3.05) is 0 Å². The predicted octanol–water partition coefficient (Wildman–Crippen LogP) is 2.77. The van der Waals surface area contributed by atoms with Gasteiger partial charge in [-0.05, 0) is 49.7 Å². The molecule has 3 aliphatic rings. The van der Waals surface area contributed by atoms with E-state index >= 15 is 0 Å². The molecule has 1 unspecified atom stereocenters. The van der Waals surface area contributed by atoms with Crippen molar-refractivity contribution in [3.8, 4) is 0 Å². The van der Waals surface area contributed by atoms with Crippen LogP contribution >= 0.6 is 11.3 Å². The number of fused-ring (bicyclic) bond motifs is 1. The summed E-state index contributed by atoms with van der Waals surface area (Å²) < 4.78 is 0. The van der Waals surface area contributed by atoms with Gasteiger partial charge in [0.1, 0.15) is 5.54 Å². The van der Waals surface area contributed by atoms with Crippen LogP contribution in [-0.4, -0.2) is 28.4 Å². The summed E-state index contributed by atoms with van der Waals surface area (Å²) in [7, 11) is 0. The average Bonchev–Trinajstić information content (AvgIpc) is 3.10. The topological polar surface area (TPSA) is 78.5 Å². The number of hydrogen-bond acceptors (Lipinski definition) is 4. The average molecular weight is 361 g/mol. The lowest BCUT2D eigenvalue weighted by atomic mass is 9.82. The summed E-state index contributed by atoms with van der Waals surface area (Å²) in [4.78, 5) is 39.4. The quantitative estimate of drug-likeness (QED) is 0.795. The zero-order valence-electron chi connectivity index (χ0n) is 14.4. The van der Waals surface area contributed by atoms with Gasteiger partial charge in [0.15, 0.2) is 0 Å².